The summed E-state index contributed by atoms with van der Waals surface area (Å²) in [6.45, 7) is 1.08. The minimum Gasteiger partial charge on any atom is -0.497 e. The van der Waals surface area contributed by atoms with E-state index in [2.05, 4.69) is 17.4 Å². The first-order valence-corrected chi connectivity index (χ1v) is 10.3. The van der Waals surface area contributed by atoms with Gasteiger partial charge in [-0.2, -0.15) is 0 Å². The van der Waals surface area contributed by atoms with Crippen molar-refractivity contribution < 1.29 is 13.9 Å². The van der Waals surface area contributed by atoms with E-state index in [1.165, 1.54) is 5.56 Å². The molecule has 2 aromatic carbocycles. The number of hydrogen-bond acceptors (Lipinski definition) is 6. The summed E-state index contributed by atoms with van der Waals surface area (Å²) >= 11 is 0. The van der Waals surface area contributed by atoms with Gasteiger partial charge in [-0.05, 0) is 35.4 Å². The Kier molecular flexibility index (Phi) is 5.37. The van der Waals surface area contributed by atoms with Crippen LogP contribution in [0, 0.1) is 0 Å². The summed E-state index contributed by atoms with van der Waals surface area (Å²) in [5, 5.41) is 3.35. The molecule has 1 atom stereocenters. The Morgan fingerprint density at radius 1 is 0.968 bits per heavy atom. The van der Waals surface area contributed by atoms with Crippen LogP contribution < -0.4 is 10.1 Å². The molecule has 0 amide bonds. The number of rotatable bonds is 7. The van der Waals surface area contributed by atoms with Gasteiger partial charge < -0.3 is 19.2 Å². The number of benzene rings is 2. The molecule has 2 aromatic heterocycles. The quantitative estimate of drug-likeness (QED) is 0.451. The predicted octanol–water partition coefficient (Wildman–Crippen LogP) is 5.17. The lowest BCUT2D eigenvalue weighted by molar-refractivity contribution is 0.0648. The lowest BCUT2D eigenvalue weighted by Gasteiger charge is -2.13. The summed E-state index contributed by atoms with van der Waals surface area (Å²) in [5.74, 6) is 2.11. The topological polar surface area (TPSA) is 69.4 Å². The summed E-state index contributed by atoms with van der Waals surface area (Å²) in [6.07, 6.45) is 2.31. The van der Waals surface area contributed by atoms with Gasteiger partial charge in [0.05, 0.1) is 25.7 Å². The molecule has 0 radical (unpaired) electrons. The molecule has 0 fully saturated rings. The van der Waals surface area contributed by atoms with Crippen LogP contribution in [0.4, 0.5) is 5.95 Å². The highest BCUT2D eigenvalue weighted by atomic mass is 16.5. The van der Waals surface area contributed by atoms with E-state index in [-0.39, 0.29) is 6.10 Å². The SMILES string of the molecule is COc1ccc(CNc2nc(-c3ccco3)c3c(n2)[C@@H](Cc2ccccc2)OC3)cc1. The molecule has 1 aliphatic rings. The van der Waals surface area contributed by atoms with Crippen LogP contribution in [-0.4, -0.2) is 17.1 Å². The van der Waals surface area contributed by atoms with Crippen molar-refractivity contribution in [1.29, 1.82) is 0 Å². The predicted molar refractivity (Wildman–Crippen MR) is 118 cm³/mol. The Labute approximate surface area is 180 Å². The summed E-state index contributed by atoms with van der Waals surface area (Å²) in [7, 11) is 1.66. The molecule has 1 N–H and O–H groups in total. The van der Waals surface area contributed by atoms with E-state index in [4.69, 9.17) is 23.9 Å². The average molecular weight is 413 g/mol. The molecule has 6 nitrogen and oxygen atoms in total. The number of furan rings is 1. The second kappa shape index (κ2) is 8.62. The van der Waals surface area contributed by atoms with Crippen LogP contribution in [0.2, 0.25) is 0 Å². The van der Waals surface area contributed by atoms with E-state index in [1.807, 2.05) is 54.6 Å². The Bertz CT molecular complexity index is 1140. The first kappa shape index (κ1) is 19.3. The second-order valence-electron chi connectivity index (χ2n) is 7.43. The number of anilines is 1. The second-order valence-corrected chi connectivity index (χ2v) is 7.43. The molecule has 31 heavy (non-hydrogen) atoms. The number of hydrogen-bond donors (Lipinski definition) is 1. The number of fused-ring (bicyclic) bond motifs is 1. The first-order chi connectivity index (χ1) is 15.3. The molecule has 0 unspecified atom stereocenters. The van der Waals surface area contributed by atoms with Gasteiger partial charge in [0, 0.05) is 18.5 Å². The van der Waals surface area contributed by atoms with Crippen molar-refractivity contribution in [2.24, 2.45) is 0 Å². The maximum absolute atomic E-state index is 6.12. The van der Waals surface area contributed by atoms with Gasteiger partial charge in [-0.1, -0.05) is 42.5 Å². The number of methoxy groups -OCH3 is 1. The van der Waals surface area contributed by atoms with Gasteiger partial charge in [0.25, 0.3) is 0 Å². The van der Waals surface area contributed by atoms with Crippen molar-refractivity contribution in [3.05, 3.63) is 95.4 Å². The highest BCUT2D eigenvalue weighted by Crippen LogP contribution is 2.37. The number of ether oxygens (including phenoxy) is 2. The largest absolute Gasteiger partial charge is 0.497 e. The minimum absolute atomic E-state index is 0.115. The van der Waals surface area contributed by atoms with Crippen LogP contribution in [-0.2, 0) is 24.3 Å². The molecule has 0 saturated carbocycles. The summed E-state index contributed by atoms with van der Waals surface area (Å²) in [6, 6.07) is 22.0. The smallest absolute Gasteiger partial charge is 0.223 e. The summed E-state index contributed by atoms with van der Waals surface area (Å²) < 4.78 is 17.0. The molecule has 0 spiro atoms. The van der Waals surface area contributed by atoms with E-state index >= 15 is 0 Å². The third-order valence-corrected chi connectivity index (χ3v) is 5.40. The molecule has 4 aromatic rings. The van der Waals surface area contributed by atoms with Crippen LogP contribution >= 0.6 is 0 Å². The first-order valence-electron chi connectivity index (χ1n) is 10.3. The van der Waals surface area contributed by atoms with Gasteiger partial charge in [-0.15, -0.1) is 0 Å². The maximum Gasteiger partial charge on any atom is 0.223 e. The van der Waals surface area contributed by atoms with Gasteiger partial charge in [0.1, 0.15) is 17.5 Å². The third kappa shape index (κ3) is 4.15. The van der Waals surface area contributed by atoms with Gasteiger partial charge >= 0.3 is 0 Å². The standard InChI is InChI=1S/C25H23N3O3/c1-29-19-11-9-18(10-12-19)15-26-25-27-23(21-8-5-13-30-21)20-16-31-22(24(20)28-25)14-17-6-3-2-4-7-17/h2-13,22H,14-16H2,1H3,(H,26,27,28)/t22-/m1/s1. The number of nitrogens with zero attached hydrogens (tertiary/aromatic N) is 2. The van der Waals surface area contributed by atoms with Crippen molar-refractivity contribution in [2.45, 2.75) is 25.7 Å². The summed E-state index contributed by atoms with van der Waals surface area (Å²) in [5.41, 5.74) is 5.02. The molecule has 6 heteroatoms. The fraction of sp³-hybridized carbons (Fsp3) is 0.200. The average Bonchev–Trinajstić information content (AvgIpc) is 3.49. The Hall–Kier alpha value is -3.64. The molecule has 0 saturated heterocycles. The summed E-state index contributed by atoms with van der Waals surface area (Å²) in [4.78, 5) is 9.59. The van der Waals surface area contributed by atoms with Gasteiger partial charge in [0.15, 0.2) is 5.76 Å². The van der Waals surface area contributed by atoms with E-state index in [1.54, 1.807) is 13.4 Å². The molecular weight excluding hydrogens is 390 g/mol. The number of nitrogens with one attached hydrogen (secondary N) is 1. The van der Waals surface area contributed by atoms with Crippen LogP contribution in [0.3, 0.4) is 0 Å². The van der Waals surface area contributed by atoms with E-state index < -0.39 is 0 Å². The van der Waals surface area contributed by atoms with Crippen LogP contribution in [0.5, 0.6) is 5.75 Å². The molecule has 156 valence electrons. The van der Waals surface area contributed by atoms with E-state index in [0.717, 1.165) is 40.4 Å². The van der Waals surface area contributed by atoms with Gasteiger partial charge in [0.2, 0.25) is 5.95 Å². The van der Waals surface area contributed by atoms with Crippen LogP contribution in [0.15, 0.2) is 77.4 Å². The van der Waals surface area contributed by atoms with Gasteiger partial charge in [-0.3, -0.25) is 0 Å². The fourth-order valence-electron chi connectivity index (χ4n) is 3.78. The third-order valence-electron chi connectivity index (χ3n) is 5.40. The van der Waals surface area contributed by atoms with Crippen molar-refractivity contribution >= 4 is 5.95 Å². The Morgan fingerprint density at radius 3 is 2.55 bits per heavy atom. The fourth-order valence-corrected chi connectivity index (χ4v) is 3.78. The normalized spacial score (nSPS) is 14.9. The minimum atomic E-state index is -0.115. The van der Waals surface area contributed by atoms with Crippen molar-refractivity contribution in [3.63, 3.8) is 0 Å². The molecular formula is C25H23N3O3. The lowest BCUT2D eigenvalue weighted by Crippen LogP contribution is -2.09. The Balaban J connectivity index is 1.44. The van der Waals surface area contributed by atoms with Crippen molar-refractivity contribution in [3.8, 4) is 17.2 Å². The van der Waals surface area contributed by atoms with Gasteiger partial charge in [-0.25, -0.2) is 9.97 Å². The highest BCUT2D eigenvalue weighted by molar-refractivity contribution is 5.61. The molecule has 3 heterocycles. The van der Waals surface area contributed by atoms with E-state index in [0.29, 0.717) is 19.1 Å². The highest BCUT2D eigenvalue weighted by Gasteiger charge is 2.30. The zero-order valence-electron chi connectivity index (χ0n) is 17.2. The molecule has 0 bridgehead atoms. The molecule has 5 rings (SSSR count). The lowest BCUT2D eigenvalue weighted by atomic mass is 10.0. The van der Waals surface area contributed by atoms with Crippen molar-refractivity contribution in [2.75, 3.05) is 12.4 Å². The van der Waals surface area contributed by atoms with Crippen LogP contribution in [0.25, 0.3) is 11.5 Å². The Morgan fingerprint density at radius 2 is 1.81 bits per heavy atom. The zero-order valence-corrected chi connectivity index (χ0v) is 17.2. The zero-order chi connectivity index (χ0) is 21.0. The number of aromatic nitrogens is 2. The maximum atomic E-state index is 6.12. The monoisotopic (exact) mass is 413 g/mol. The molecule has 0 aliphatic carbocycles. The van der Waals surface area contributed by atoms with Crippen LogP contribution in [0.1, 0.15) is 28.5 Å². The van der Waals surface area contributed by atoms with E-state index in [9.17, 15) is 0 Å². The van der Waals surface area contributed by atoms with Crippen molar-refractivity contribution in [1.82, 2.24) is 9.97 Å². The molecule has 1 aliphatic heterocycles.